The first-order valence-electron chi connectivity index (χ1n) is 7.03. The van der Waals surface area contributed by atoms with Gasteiger partial charge in [-0.25, -0.2) is 9.59 Å². The Morgan fingerprint density at radius 3 is 0.846 bits per heavy atom. The van der Waals surface area contributed by atoms with Crippen LogP contribution in [0.15, 0.2) is 60.7 Å². The Balaban J connectivity index is 0. The topological polar surface area (TPSA) is 149 Å². The van der Waals surface area contributed by atoms with Crippen molar-refractivity contribution >= 4 is 23.9 Å². The lowest BCUT2D eigenvalue weighted by Gasteiger charge is -1.88. The molecule has 0 atom stereocenters. The number of aliphatic carboxylic acids is 2. The van der Waals surface area contributed by atoms with E-state index in [9.17, 15) is 9.59 Å². The highest BCUT2D eigenvalue weighted by Gasteiger charge is 1.97. The number of carboxylic acids is 4. The van der Waals surface area contributed by atoms with Crippen LogP contribution in [-0.2, 0) is 9.59 Å². The van der Waals surface area contributed by atoms with Crippen LogP contribution in [0.4, 0.5) is 0 Å². The summed E-state index contributed by atoms with van der Waals surface area (Å²) in [6.45, 7) is 2.17. The Labute approximate surface area is 150 Å². The summed E-state index contributed by atoms with van der Waals surface area (Å²) in [6.07, 6.45) is 0. The maximum Gasteiger partial charge on any atom is 0.335 e. The Hall–Kier alpha value is -3.68. The molecule has 0 bridgehead atoms. The molecular formula is C18H20O8. The van der Waals surface area contributed by atoms with Crippen LogP contribution in [0.2, 0.25) is 0 Å². The van der Waals surface area contributed by atoms with E-state index in [1.165, 1.54) is 0 Å². The summed E-state index contributed by atoms with van der Waals surface area (Å²) in [5.41, 5.74) is 0.662. The van der Waals surface area contributed by atoms with Crippen LogP contribution in [0.3, 0.4) is 0 Å². The van der Waals surface area contributed by atoms with Crippen molar-refractivity contribution in [2.24, 2.45) is 0 Å². The van der Waals surface area contributed by atoms with Crippen molar-refractivity contribution in [3.05, 3.63) is 71.8 Å². The molecule has 26 heavy (non-hydrogen) atoms. The van der Waals surface area contributed by atoms with E-state index in [4.69, 9.17) is 30.0 Å². The summed E-state index contributed by atoms with van der Waals surface area (Å²) >= 11 is 0. The summed E-state index contributed by atoms with van der Waals surface area (Å²) in [4.78, 5) is 38.4. The lowest BCUT2D eigenvalue weighted by molar-refractivity contribution is -0.135. The van der Waals surface area contributed by atoms with Gasteiger partial charge in [0.05, 0.1) is 11.1 Å². The molecule has 8 heteroatoms. The van der Waals surface area contributed by atoms with Crippen molar-refractivity contribution in [2.75, 3.05) is 0 Å². The summed E-state index contributed by atoms with van der Waals surface area (Å²) in [5, 5.41) is 31.6. The second kappa shape index (κ2) is 14.9. The minimum absolute atomic E-state index is 0.331. The molecule has 0 unspecified atom stereocenters. The minimum Gasteiger partial charge on any atom is -0.481 e. The van der Waals surface area contributed by atoms with Gasteiger partial charge in [-0.15, -0.1) is 0 Å². The Bertz CT molecular complexity index is 611. The molecule has 8 nitrogen and oxygen atoms in total. The van der Waals surface area contributed by atoms with Crippen LogP contribution < -0.4 is 0 Å². The fourth-order valence-corrected chi connectivity index (χ4v) is 1.16. The highest BCUT2D eigenvalue weighted by molar-refractivity contribution is 5.87. The molecule has 4 N–H and O–H groups in total. The number of carboxylic acid groups (broad SMARTS) is 4. The SMILES string of the molecule is CC(=O)O.CC(=O)O.O=C(O)c1ccccc1.O=C(O)c1ccccc1. The average Bonchev–Trinajstić information content (AvgIpc) is 2.56. The molecule has 2 aromatic carbocycles. The number of hydrogen-bond donors (Lipinski definition) is 4. The van der Waals surface area contributed by atoms with Crippen LogP contribution >= 0.6 is 0 Å². The first-order chi connectivity index (χ1) is 12.1. The largest absolute Gasteiger partial charge is 0.481 e. The van der Waals surface area contributed by atoms with E-state index in [1.54, 1.807) is 60.7 Å². The van der Waals surface area contributed by atoms with E-state index < -0.39 is 23.9 Å². The van der Waals surface area contributed by atoms with E-state index in [0.29, 0.717) is 11.1 Å². The fraction of sp³-hybridized carbons (Fsp3) is 0.111. The number of carbonyl (C=O) groups is 4. The third-order valence-corrected chi connectivity index (χ3v) is 2.04. The van der Waals surface area contributed by atoms with Gasteiger partial charge < -0.3 is 20.4 Å². The van der Waals surface area contributed by atoms with E-state index in [2.05, 4.69) is 0 Å². The molecule has 2 rings (SSSR count). The van der Waals surface area contributed by atoms with Gasteiger partial charge in [0.1, 0.15) is 0 Å². The van der Waals surface area contributed by atoms with Gasteiger partial charge >= 0.3 is 11.9 Å². The second-order valence-electron chi connectivity index (χ2n) is 4.38. The summed E-state index contributed by atoms with van der Waals surface area (Å²) in [6, 6.07) is 16.6. The van der Waals surface area contributed by atoms with Crippen molar-refractivity contribution in [1.82, 2.24) is 0 Å². The quantitative estimate of drug-likeness (QED) is 0.635. The molecule has 0 radical (unpaired) electrons. The zero-order valence-electron chi connectivity index (χ0n) is 14.2. The van der Waals surface area contributed by atoms with E-state index in [1.807, 2.05) is 0 Å². The molecule has 2 aromatic rings. The van der Waals surface area contributed by atoms with Gasteiger partial charge in [0, 0.05) is 13.8 Å². The number of benzene rings is 2. The van der Waals surface area contributed by atoms with Crippen LogP contribution in [0, 0.1) is 0 Å². The van der Waals surface area contributed by atoms with Crippen molar-refractivity contribution < 1.29 is 39.6 Å². The molecule has 0 amide bonds. The van der Waals surface area contributed by atoms with Gasteiger partial charge in [0.25, 0.3) is 11.9 Å². The summed E-state index contributed by atoms with van der Waals surface area (Å²) in [5.74, 6) is -3.42. The maximum absolute atomic E-state index is 10.2. The highest BCUT2D eigenvalue weighted by atomic mass is 16.4. The zero-order valence-corrected chi connectivity index (χ0v) is 14.2. The van der Waals surface area contributed by atoms with Crippen molar-refractivity contribution in [2.45, 2.75) is 13.8 Å². The first kappa shape index (κ1) is 24.6. The predicted octanol–water partition coefficient (Wildman–Crippen LogP) is 2.95. The molecule has 0 saturated heterocycles. The molecule has 0 heterocycles. The lowest BCUT2D eigenvalue weighted by atomic mass is 10.2. The molecule has 0 saturated carbocycles. The summed E-state index contributed by atoms with van der Waals surface area (Å²) < 4.78 is 0. The van der Waals surface area contributed by atoms with Gasteiger partial charge in [0.15, 0.2) is 0 Å². The molecule has 0 aliphatic heterocycles. The van der Waals surface area contributed by atoms with Gasteiger partial charge in [-0.1, -0.05) is 36.4 Å². The predicted molar refractivity (Wildman–Crippen MR) is 93.4 cm³/mol. The van der Waals surface area contributed by atoms with Gasteiger partial charge in [-0.3, -0.25) is 9.59 Å². The Kier molecular flexibility index (Phi) is 14.1. The number of hydrogen-bond acceptors (Lipinski definition) is 4. The first-order valence-corrected chi connectivity index (χ1v) is 7.03. The van der Waals surface area contributed by atoms with E-state index in [-0.39, 0.29) is 0 Å². The van der Waals surface area contributed by atoms with Crippen molar-refractivity contribution in [3.63, 3.8) is 0 Å². The molecular weight excluding hydrogens is 344 g/mol. The Morgan fingerprint density at radius 2 is 0.731 bits per heavy atom. The van der Waals surface area contributed by atoms with Crippen molar-refractivity contribution in [1.29, 1.82) is 0 Å². The smallest absolute Gasteiger partial charge is 0.335 e. The molecule has 0 aliphatic carbocycles. The molecule has 0 fully saturated rings. The van der Waals surface area contributed by atoms with E-state index in [0.717, 1.165) is 13.8 Å². The van der Waals surface area contributed by atoms with Crippen LogP contribution in [-0.4, -0.2) is 44.3 Å². The van der Waals surface area contributed by atoms with Crippen LogP contribution in [0.25, 0.3) is 0 Å². The average molecular weight is 364 g/mol. The Morgan fingerprint density at radius 1 is 0.538 bits per heavy atom. The second-order valence-corrected chi connectivity index (χ2v) is 4.38. The van der Waals surface area contributed by atoms with Gasteiger partial charge in [-0.05, 0) is 24.3 Å². The highest BCUT2D eigenvalue weighted by Crippen LogP contribution is 1.96. The molecule has 0 spiro atoms. The number of rotatable bonds is 2. The van der Waals surface area contributed by atoms with Gasteiger partial charge in [-0.2, -0.15) is 0 Å². The molecule has 140 valence electrons. The third-order valence-electron chi connectivity index (χ3n) is 2.04. The standard InChI is InChI=1S/2C7H6O2.2C2H4O2/c2*8-7(9)6-4-2-1-3-5-6;2*1-2(3)4/h2*1-5H,(H,8,9);2*1H3,(H,3,4). The fourth-order valence-electron chi connectivity index (χ4n) is 1.16. The zero-order chi connectivity index (χ0) is 20.5. The molecule has 0 aliphatic rings. The third kappa shape index (κ3) is 18.4. The van der Waals surface area contributed by atoms with Crippen LogP contribution in [0.1, 0.15) is 34.6 Å². The molecule has 0 aromatic heterocycles. The number of aromatic carboxylic acids is 2. The monoisotopic (exact) mass is 364 g/mol. The lowest BCUT2D eigenvalue weighted by Crippen LogP contribution is -1.93. The summed E-state index contributed by atoms with van der Waals surface area (Å²) in [7, 11) is 0. The van der Waals surface area contributed by atoms with Crippen LogP contribution in [0.5, 0.6) is 0 Å². The van der Waals surface area contributed by atoms with Crippen molar-refractivity contribution in [3.8, 4) is 0 Å². The minimum atomic E-state index is -0.879. The van der Waals surface area contributed by atoms with Gasteiger partial charge in [0.2, 0.25) is 0 Å². The normalized spacial score (nSPS) is 8.08. The maximum atomic E-state index is 10.2. The van der Waals surface area contributed by atoms with E-state index >= 15 is 0 Å².